The van der Waals surface area contributed by atoms with Gasteiger partial charge < -0.3 is 5.11 Å². The third-order valence-electron chi connectivity index (χ3n) is 4.04. The summed E-state index contributed by atoms with van der Waals surface area (Å²) in [6.45, 7) is 4.05. The summed E-state index contributed by atoms with van der Waals surface area (Å²) in [7, 11) is 0. The Hall–Kier alpha value is -1.24. The molecule has 0 unspecified atom stereocenters. The number of hydrogen-bond donors (Lipinski definition) is 1. The molecule has 0 spiro atoms. The molecule has 1 aliphatic rings. The molecule has 116 valence electrons. The molecule has 1 saturated heterocycles. The third kappa shape index (κ3) is 3.39. The summed E-state index contributed by atoms with van der Waals surface area (Å²) in [4.78, 5) is 18.3. The Morgan fingerprint density at radius 1 is 1.41 bits per heavy atom. The Kier molecular flexibility index (Phi) is 4.61. The SMILES string of the molecule is Cc1csc(CN2C[C@@H](C(=O)O)[C@H](c3ccc(Br)cc3)C2)n1. The first-order valence-corrected chi connectivity index (χ1v) is 8.82. The lowest BCUT2D eigenvalue weighted by Gasteiger charge is -2.15. The summed E-state index contributed by atoms with van der Waals surface area (Å²) in [6, 6.07) is 7.98. The minimum atomic E-state index is -0.717. The van der Waals surface area contributed by atoms with Gasteiger partial charge in [0.15, 0.2) is 0 Å². The zero-order valence-electron chi connectivity index (χ0n) is 12.2. The molecule has 3 rings (SSSR count). The maximum Gasteiger partial charge on any atom is 0.308 e. The van der Waals surface area contributed by atoms with Crippen LogP contribution in [0.4, 0.5) is 0 Å². The zero-order valence-corrected chi connectivity index (χ0v) is 14.6. The molecular weight excluding hydrogens is 364 g/mol. The van der Waals surface area contributed by atoms with Crippen LogP contribution < -0.4 is 0 Å². The molecule has 2 atom stereocenters. The molecule has 1 aromatic carbocycles. The first-order chi connectivity index (χ1) is 10.5. The quantitative estimate of drug-likeness (QED) is 0.881. The summed E-state index contributed by atoms with van der Waals surface area (Å²) in [5.74, 6) is -1.04. The molecular formula is C16H17BrN2O2S. The van der Waals surface area contributed by atoms with E-state index in [-0.39, 0.29) is 11.8 Å². The average molecular weight is 381 g/mol. The van der Waals surface area contributed by atoms with Gasteiger partial charge in [-0.3, -0.25) is 9.69 Å². The fourth-order valence-electron chi connectivity index (χ4n) is 2.98. The van der Waals surface area contributed by atoms with Crippen molar-refractivity contribution in [2.75, 3.05) is 13.1 Å². The number of carboxylic acids is 1. The highest BCUT2D eigenvalue weighted by Gasteiger charge is 2.38. The van der Waals surface area contributed by atoms with Crippen LogP contribution in [0.1, 0.15) is 22.2 Å². The molecule has 0 aliphatic carbocycles. The van der Waals surface area contributed by atoms with E-state index in [4.69, 9.17) is 0 Å². The summed E-state index contributed by atoms with van der Waals surface area (Å²) < 4.78 is 1.01. The van der Waals surface area contributed by atoms with Crippen molar-refractivity contribution in [3.05, 3.63) is 50.4 Å². The van der Waals surface area contributed by atoms with Crippen molar-refractivity contribution in [1.82, 2.24) is 9.88 Å². The maximum atomic E-state index is 11.6. The van der Waals surface area contributed by atoms with Gasteiger partial charge in [-0.05, 0) is 24.6 Å². The number of aromatic nitrogens is 1. The van der Waals surface area contributed by atoms with E-state index in [1.807, 2.05) is 36.6 Å². The van der Waals surface area contributed by atoms with Crippen molar-refractivity contribution >= 4 is 33.2 Å². The topological polar surface area (TPSA) is 53.4 Å². The van der Waals surface area contributed by atoms with Gasteiger partial charge in [0.1, 0.15) is 5.01 Å². The lowest BCUT2D eigenvalue weighted by molar-refractivity contribution is -0.141. The summed E-state index contributed by atoms with van der Waals surface area (Å²) in [5, 5.41) is 12.6. The molecule has 1 fully saturated rings. The molecule has 0 radical (unpaired) electrons. The molecule has 0 amide bonds. The number of nitrogens with zero attached hydrogens (tertiary/aromatic N) is 2. The summed E-state index contributed by atoms with van der Waals surface area (Å²) in [5.41, 5.74) is 2.12. The van der Waals surface area contributed by atoms with Gasteiger partial charge in [-0.2, -0.15) is 0 Å². The molecule has 1 aliphatic heterocycles. The van der Waals surface area contributed by atoms with Crippen LogP contribution in [0, 0.1) is 12.8 Å². The molecule has 0 saturated carbocycles. The van der Waals surface area contributed by atoms with E-state index in [1.165, 1.54) is 0 Å². The van der Waals surface area contributed by atoms with E-state index in [0.29, 0.717) is 6.54 Å². The molecule has 4 nitrogen and oxygen atoms in total. The fraction of sp³-hybridized carbons (Fsp3) is 0.375. The number of aryl methyl sites for hydroxylation is 1. The van der Waals surface area contributed by atoms with E-state index >= 15 is 0 Å². The largest absolute Gasteiger partial charge is 0.481 e. The first kappa shape index (κ1) is 15.6. The zero-order chi connectivity index (χ0) is 15.7. The molecule has 1 aromatic heterocycles. The van der Waals surface area contributed by atoms with Gasteiger partial charge >= 0.3 is 5.97 Å². The smallest absolute Gasteiger partial charge is 0.308 e. The van der Waals surface area contributed by atoms with E-state index in [9.17, 15) is 9.90 Å². The van der Waals surface area contributed by atoms with Crippen LogP contribution in [0.2, 0.25) is 0 Å². The number of carbonyl (C=O) groups is 1. The highest BCUT2D eigenvalue weighted by atomic mass is 79.9. The van der Waals surface area contributed by atoms with Crippen molar-refractivity contribution < 1.29 is 9.90 Å². The number of rotatable bonds is 4. The van der Waals surface area contributed by atoms with Gasteiger partial charge in [0.25, 0.3) is 0 Å². The van der Waals surface area contributed by atoms with Crippen LogP contribution in [-0.2, 0) is 11.3 Å². The monoisotopic (exact) mass is 380 g/mol. The van der Waals surface area contributed by atoms with Crippen LogP contribution in [0.5, 0.6) is 0 Å². The number of benzene rings is 1. The second kappa shape index (κ2) is 6.48. The average Bonchev–Trinajstić information content (AvgIpc) is 3.07. The fourth-order valence-corrected chi connectivity index (χ4v) is 4.06. The lowest BCUT2D eigenvalue weighted by Crippen LogP contribution is -2.23. The highest BCUT2D eigenvalue weighted by molar-refractivity contribution is 9.10. The predicted octanol–water partition coefficient (Wildman–Crippen LogP) is 3.51. The van der Waals surface area contributed by atoms with Gasteiger partial charge in [0, 0.05) is 34.6 Å². The Morgan fingerprint density at radius 2 is 2.14 bits per heavy atom. The molecule has 2 aromatic rings. The Balaban J connectivity index is 1.77. The number of aliphatic carboxylic acids is 1. The van der Waals surface area contributed by atoms with E-state index in [1.54, 1.807) is 11.3 Å². The summed E-state index contributed by atoms with van der Waals surface area (Å²) in [6.07, 6.45) is 0. The van der Waals surface area contributed by atoms with E-state index in [0.717, 1.165) is 33.8 Å². The lowest BCUT2D eigenvalue weighted by atomic mass is 9.89. The Labute approximate surface area is 141 Å². The van der Waals surface area contributed by atoms with E-state index < -0.39 is 5.97 Å². The van der Waals surface area contributed by atoms with Gasteiger partial charge in [-0.15, -0.1) is 11.3 Å². The van der Waals surface area contributed by atoms with Crippen LogP contribution in [0.25, 0.3) is 0 Å². The maximum absolute atomic E-state index is 11.6. The molecule has 6 heteroatoms. The number of thiazole rings is 1. The van der Waals surface area contributed by atoms with Crippen molar-refractivity contribution in [2.45, 2.75) is 19.4 Å². The molecule has 22 heavy (non-hydrogen) atoms. The molecule has 0 bridgehead atoms. The van der Waals surface area contributed by atoms with Crippen LogP contribution >= 0.6 is 27.3 Å². The standard InChI is InChI=1S/C16H17BrN2O2S/c1-10-9-22-15(18-10)8-19-6-13(14(7-19)16(20)21)11-2-4-12(17)5-3-11/h2-5,9,13-14H,6-8H2,1H3,(H,20,21)/t13-,14+/m0/s1. The van der Waals surface area contributed by atoms with Crippen LogP contribution in [-0.4, -0.2) is 34.0 Å². The first-order valence-electron chi connectivity index (χ1n) is 7.14. The molecule has 1 N–H and O–H groups in total. The molecule has 2 heterocycles. The van der Waals surface area contributed by atoms with Crippen molar-refractivity contribution in [3.8, 4) is 0 Å². The minimum absolute atomic E-state index is 0.0339. The normalized spacial score (nSPS) is 22.1. The second-order valence-electron chi connectivity index (χ2n) is 5.68. The Bertz CT molecular complexity index is 671. The van der Waals surface area contributed by atoms with E-state index in [2.05, 4.69) is 25.8 Å². The van der Waals surface area contributed by atoms with Gasteiger partial charge in [-0.25, -0.2) is 4.98 Å². The minimum Gasteiger partial charge on any atom is -0.481 e. The number of likely N-dealkylation sites (tertiary alicyclic amines) is 1. The van der Waals surface area contributed by atoms with Gasteiger partial charge in [0.05, 0.1) is 12.5 Å². The predicted molar refractivity (Wildman–Crippen MR) is 90.1 cm³/mol. The van der Waals surface area contributed by atoms with Crippen molar-refractivity contribution in [3.63, 3.8) is 0 Å². The van der Waals surface area contributed by atoms with Gasteiger partial charge in [0.2, 0.25) is 0 Å². The number of carboxylic acid groups (broad SMARTS) is 1. The van der Waals surface area contributed by atoms with Crippen LogP contribution in [0.15, 0.2) is 34.1 Å². The number of halogens is 1. The second-order valence-corrected chi connectivity index (χ2v) is 7.54. The van der Waals surface area contributed by atoms with Gasteiger partial charge in [-0.1, -0.05) is 28.1 Å². The number of hydrogen-bond acceptors (Lipinski definition) is 4. The van der Waals surface area contributed by atoms with Crippen molar-refractivity contribution in [1.29, 1.82) is 0 Å². The summed E-state index contributed by atoms with van der Waals surface area (Å²) >= 11 is 5.06. The highest BCUT2D eigenvalue weighted by Crippen LogP contribution is 2.34. The van der Waals surface area contributed by atoms with Crippen LogP contribution in [0.3, 0.4) is 0 Å². The Morgan fingerprint density at radius 3 is 2.73 bits per heavy atom. The third-order valence-corrected chi connectivity index (χ3v) is 5.52. The van der Waals surface area contributed by atoms with Crippen molar-refractivity contribution in [2.24, 2.45) is 5.92 Å².